The van der Waals surface area contributed by atoms with Gasteiger partial charge in [0, 0.05) is 25.2 Å². The van der Waals surface area contributed by atoms with Crippen molar-refractivity contribution >= 4 is 19.8 Å². The van der Waals surface area contributed by atoms with Gasteiger partial charge in [0.2, 0.25) is 0 Å². The number of phosphoric acid groups is 1. The van der Waals surface area contributed by atoms with Gasteiger partial charge in [-0.15, -0.1) is 0 Å². The number of rotatable bonds is 31. The van der Waals surface area contributed by atoms with Crippen LogP contribution in [0.5, 0.6) is 0 Å². The molecule has 0 saturated carbocycles. The fraction of sp³-hybridized carbons (Fsp3) is 0.707. The molecule has 1 heterocycles. The quantitative estimate of drug-likeness (QED) is 0.0199. The molecule has 12 nitrogen and oxygen atoms in total. The van der Waals surface area contributed by atoms with E-state index in [-0.39, 0.29) is 25.2 Å². The molecule has 6 atom stereocenters. The van der Waals surface area contributed by atoms with E-state index < -0.39 is 63.7 Å². The van der Waals surface area contributed by atoms with Gasteiger partial charge in [0.05, 0.1) is 24.9 Å². The van der Waals surface area contributed by atoms with Crippen molar-refractivity contribution in [1.29, 1.82) is 0 Å². The van der Waals surface area contributed by atoms with E-state index in [0.717, 1.165) is 51.4 Å². The third-order valence-corrected chi connectivity index (χ3v) is 9.29. The summed E-state index contributed by atoms with van der Waals surface area (Å²) in [4.78, 5) is 43.0. The Morgan fingerprint density at radius 2 is 1.37 bits per heavy atom. The Balaban J connectivity index is 2.40. The average molecular weight is 785 g/mol. The van der Waals surface area contributed by atoms with E-state index in [1.165, 1.54) is 19.3 Å². The molecule has 13 heteroatoms. The molecule has 1 unspecified atom stereocenters. The van der Waals surface area contributed by atoms with Crippen LogP contribution < -0.4 is 0 Å². The highest BCUT2D eigenvalue weighted by atomic mass is 31.2. The summed E-state index contributed by atoms with van der Waals surface area (Å²) in [5, 5.41) is 30.8. The van der Waals surface area contributed by atoms with Crippen molar-refractivity contribution in [3.63, 3.8) is 0 Å². The summed E-state index contributed by atoms with van der Waals surface area (Å²) in [6.45, 7) is 3.27. The van der Waals surface area contributed by atoms with Crippen molar-refractivity contribution in [2.45, 2.75) is 167 Å². The first-order chi connectivity index (χ1) is 25.9. The van der Waals surface area contributed by atoms with Crippen LogP contribution in [-0.2, 0) is 32.9 Å². The maximum Gasteiger partial charge on any atom is 0.469 e. The summed E-state index contributed by atoms with van der Waals surface area (Å²) in [5.41, 5.74) is 0. The number of carbonyl (C=O) groups is 2. The van der Waals surface area contributed by atoms with Crippen molar-refractivity contribution in [3.05, 3.63) is 60.8 Å². The molecule has 1 aliphatic rings. The van der Waals surface area contributed by atoms with Gasteiger partial charge < -0.3 is 39.3 Å². The van der Waals surface area contributed by atoms with E-state index in [2.05, 4.69) is 54.8 Å². The maximum atomic E-state index is 12.5. The number of hydrogen-bond acceptors (Lipinski definition) is 10. The molecular weight excluding hydrogens is 715 g/mol. The lowest BCUT2D eigenvalue weighted by atomic mass is 9.87. The molecule has 0 aromatic rings. The Hall–Kier alpha value is -2.41. The topological polar surface area (TPSA) is 189 Å². The first-order valence-corrected chi connectivity index (χ1v) is 21.5. The summed E-state index contributed by atoms with van der Waals surface area (Å²) in [6, 6.07) is 0. The smallest absolute Gasteiger partial charge is 0.462 e. The lowest BCUT2D eigenvalue weighted by Gasteiger charge is -2.36. The zero-order chi connectivity index (χ0) is 39.9. The highest BCUT2D eigenvalue weighted by Crippen LogP contribution is 2.36. The van der Waals surface area contributed by atoms with Crippen LogP contribution in [-0.4, -0.2) is 81.0 Å². The Kier molecular flexibility index (Phi) is 29.2. The number of aliphatic hydroxyl groups excluding tert-OH is 3. The van der Waals surface area contributed by atoms with Crippen LogP contribution in [0, 0.1) is 5.92 Å². The van der Waals surface area contributed by atoms with Crippen molar-refractivity contribution < 1.29 is 58.0 Å². The van der Waals surface area contributed by atoms with Gasteiger partial charge in [-0.1, -0.05) is 107 Å². The number of phosphoric ester groups is 1. The minimum Gasteiger partial charge on any atom is -0.462 e. The predicted molar refractivity (Wildman–Crippen MR) is 210 cm³/mol. The molecule has 1 fully saturated rings. The van der Waals surface area contributed by atoms with Gasteiger partial charge in [-0.05, 0) is 70.6 Å². The van der Waals surface area contributed by atoms with Gasteiger partial charge in [-0.25, -0.2) is 4.57 Å². The van der Waals surface area contributed by atoms with Crippen LogP contribution in [0.3, 0.4) is 0 Å². The van der Waals surface area contributed by atoms with Crippen molar-refractivity contribution in [2.24, 2.45) is 5.92 Å². The summed E-state index contributed by atoms with van der Waals surface area (Å²) >= 11 is 0. The van der Waals surface area contributed by atoms with Crippen LogP contribution in [0.25, 0.3) is 0 Å². The summed E-state index contributed by atoms with van der Waals surface area (Å²) in [6.07, 6.45) is 29.9. The van der Waals surface area contributed by atoms with E-state index in [1.807, 2.05) is 12.2 Å². The number of ether oxygens (including phenoxy) is 3. The van der Waals surface area contributed by atoms with Crippen LogP contribution in [0.2, 0.25) is 0 Å². The Labute approximate surface area is 323 Å². The van der Waals surface area contributed by atoms with E-state index >= 15 is 0 Å². The van der Waals surface area contributed by atoms with Gasteiger partial charge in [-0.2, -0.15) is 0 Å². The summed E-state index contributed by atoms with van der Waals surface area (Å²) < 4.78 is 31.9. The maximum absolute atomic E-state index is 12.5. The van der Waals surface area contributed by atoms with E-state index in [4.69, 9.17) is 24.0 Å². The number of unbranched alkanes of at least 4 members (excludes halogenated alkanes) is 8. The largest absolute Gasteiger partial charge is 0.469 e. The Bertz CT molecular complexity index is 1180. The second kappa shape index (κ2) is 31.8. The molecule has 0 aliphatic carbocycles. The molecule has 0 aromatic heterocycles. The molecule has 0 radical (unpaired) electrons. The third kappa shape index (κ3) is 28.1. The molecule has 1 rings (SSSR count). The van der Waals surface area contributed by atoms with Gasteiger partial charge in [0.1, 0.15) is 6.61 Å². The zero-order valence-electron chi connectivity index (χ0n) is 32.6. The number of carbonyl (C=O) groups excluding carboxylic acids is 2. The van der Waals surface area contributed by atoms with Gasteiger partial charge in [0.15, 0.2) is 12.4 Å². The van der Waals surface area contributed by atoms with E-state index in [9.17, 15) is 29.5 Å². The van der Waals surface area contributed by atoms with Gasteiger partial charge in [0.25, 0.3) is 0 Å². The van der Waals surface area contributed by atoms with Crippen LogP contribution in [0.4, 0.5) is 0 Å². The minimum atomic E-state index is -4.84. The minimum absolute atomic E-state index is 0.00676. The highest BCUT2D eigenvalue weighted by Gasteiger charge is 2.35. The number of allylic oxidation sites excluding steroid dienone is 8. The number of esters is 2. The van der Waals surface area contributed by atoms with Crippen molar-refractivity contribution in [3.8, 4) is 0 Å². The number of aliphatic hydroxyl groups is 3. The monoisotopic (exact) mass is 784 g/mol. The van der Waals surface area contributed by atoms with Crippen LogP contribution >= 0.6 is 7.82 Å². The SMILES string of the molecule is CCCCC/C=C\C/C=C\C/C=C\CCCCC(=O)OC[C@H](COP(=O)(O)O)OC(=O)CCC/C=C\C[C@H]1[C@@H](O)CC(O)O[C@@H]1/C=C/[C@@H](O)CCCCC. The summed E-state index contributed by atoms with van der Waals surface area (Å²) in [5.74, 6) is -1.46. The molecule has 5 N–H and O–H groups in total. The molecule has 0 amide bonds. The fourth-order valence-electron chi connectivity index (χ4n) is 5.71. The summed E-state index contributed by atoms with van der Waals surface area (Å²) in [7, 11) is -4.84. The Morgan fingerprint density at radius 3 is 2.04 bits per heavy atom. The van der Waals surface area contributed by atoms with Crippen LogP contribution in [0.1, 0.15) is 136 Å². The molecule has 0 aromatic carbocycles. The van der Waals surface area contributed by atoms with Crippen molar-refractivity contribution in [2.75, 3.05) is 13.2 Å². The highest BCUT2D eigenvalue weighted by molar-refractivity contribution is 7.46. The first kappa shape index (κ1) is 49.6. The molecule has 1 saturated heterocycles. The van der Waals surface area contributed by atoms with Gasteiger partial charge in [-0.3, -0.25) is 14.1 Å². The molecule has 310 valence electrons. The second-order valence-corrected chi connectivity index (χ2v) is 15.0. The fourth-order valence-corrected chi connectivity index (χ4v) is 6.07. The van der Waals surface area contributed by atoms with Gasteiger partial charge >= 0.3 is 19.8 Å². The molecule has 54 heavy (non-hydrogen) atoms. The lowest BCUT2D eigenvalue weighted by Crippen LogP contribution is -2.43. The van der Waals surface area contributed by atoms with E-state index in [1.54, 1.807) is 12.2 Å². The standard InChI is InChI=1S/C41H69O12P/c1-3-5-7-8-9-10-11-12-13-14-15-16-17-18-23-27-39(44)50-32-35(33-51-54(47,48)49)52-40(45)28-24-20-19-22-26-36-37(43)31-41(46)53-38(36)30-29-34(42)25-21-6-4-2/h9-10,12-13,15-16,19,22,29-30,34-38,41-43,46H,3-8,11,14,17-18,20-21,23-28,31-33H2,1-2H3,(H2,47,48,49)/b10-9-,13-12-,16-15-,22-19-,30-29+/t34-,35+,36-,37-,38+,41?/m0/s1. The third-order valence-electron chi connectivity index (χ3n) is 8.80. The molecule has 0 bridgehead atoms. The average Bonchev–Trinajstić information content (AvgIpc) is 3.12. The zero-order valence-corrected chi connectivity index (χ0v) is 33.5. The Morgan fingerprint density at radius 1 is 0.778 bits per heavy atom. The van der Waals surface area contributed by atoms with E-state index in [0.29, 0.717) is 32.1 Å². The number of hydrogen-bond donors (Lipinski definition) is 5. The molecule has 1 aliphatic heterocycles. The second-order valence-electron chi connectivity index (χ2n) is 13.8. The molecule has 0 spiro atoms. The lowest BCUT2D eigenvalue weighted by molar-refractivity contribution is -0.199. The normalized spacial score (nSPS) is 20.9. The molecular formula is C41H69O12P. The van der Waals surface area contributed by atoms with Crippen molar-refractivity contribution in [1.82, 2.24) is 0 Å². The van der Waals surface area contributed by atoms with Crippen LogP contribution in [0.15, 0.2) is 60.8 Å². The first-order valence-electron chi connectivity index (χ1n) is 20.0. The predicted octanol–water partition coefficient (Wildman–Crippen LogP) is 7.84.